The van der Waals surface area contributed by atoms with Crippen LogP contribution in [0, 0.1) is 18.3 Å². The lowest BCUT2D eigenvalue weighted by Gasteiger charge is -2.13. The molecule has 5 nitrogen and oxygen atoms in total. The maximum absolute atomic E-state index is 12.0. The molecule has 0 fully saturated rings. The van der Waals surface area contributed by atoms with Gasteiger partial charge in [0.1, 0.15) is 0 Å². The third-order valence-corrected chi connectivity index (χ3v) is 3.29. The number of aryl methyl sites for hydroxylation is 1. The van der Waals surface area contributed by atoms with Crippen molar-refractivity contribution in [3.63, 3.8) is 0 Å². The van der Waals surface area contributed by atoms with Gasteiger partial charge < -0.3 is 14.8 Å². The van der Waals surface area contributed by atoms with E-state index in [-0.39, 0.29) is 23.3 Å². The molecule has 0 atom stereocenters. The minimum absolute atomic E-state index is 0.212. The van der Waals surface area contributed by atoms with Crippen LogP contribution in [0.15, 0.2) is 36.4 Å². The highest BCUT2D eigenvalue weighted by Crippen LogP contribution is 2.36. The fourth-order valence-corrected chi connectivity index (χ4v) is 2.25. The second kappa shape index (κ2) is 7.52. The second-order valence-corrected chi connectivity index (χ2v) is 5.21. The van der Waals surface area contributed by atoms with Gasteiger partial charge in [-0.2, -0.15) is 5.26 Å². The van der Waals surface area contributed by atoms with E-state index < -0.39 is 0 Å². The van der Waals surface area contributed by atoms with Crippen LogP contribution in [0.4, 0.5) is 5.69 Å². The Kier molecular flexibility index (Phi) is 5.45. The van der Waals surface area contributed by atoms with Gasteiger partial charge in [0.05, 0.1) is 23.8 Å². The molecule has 0 saturated heterocycles. The Hall–Kier alpha value is -2.71. The van der Waals surface area contributed by atoms with Gasteiger partial charge in [0, 0.05) is 11.8 Å². The highest BCUT2D eigenvalue weighted by Gasteiger charge is 2.14. The molecule has 0 heterocycles. The standard InChI is InChI=1S/C17H15ClN2O3/c1-11-4-3-5-13(6-11)20-16(21)10-23-17-14(18)7-12(9-19)8-15(17)22-2/h3-8H,10H2,1-2H3,(H,20,21). The van der Waals surface area contributed by atoms with Crippen LogP contribution < -0.4 is 14.8 Å². The molecule has 6 heteroatoms. The fraction of sp³-hybridized carbons (Fsp3) is 0.176. The molecule has 0 saturated carbocycles. The smallest absolute Gasteiger partial charge is 0.262 e. The molecule has 0 aliphatic carbocycles. The summed E-state index contributed by atoms with van der Waals surface area (Å²) in [7, 11) is 1.44. The lowest BCUT2D eigenvalue weighted by molar-refractivity contribution is -0.118. The van der Waals surface area contributed by atoms with E-state index in [1.165, 1.54) is 19.2 Å². The number of anilines is 1. The number of carbonyl (C=O) groups excluding carboxylic acids is 1. The summed E-state index contributed by atoms with van der Waals surface area (Å²) < 4.78 is 10.6. The molecule has 0 bridgehead atoms. The number of hydrogen-bond donors (Lipinski definition) is 1. The summed E-state index contributed by atoms with van der Waals surface area (Å²) in [6, 6.07) is 12.4. The number of nitriles is 1. The molecule has 0 aliphatic rings. The lowest BCUT2D eigenvalue weighted by atomic mass is 10.2. The van der Waals surface area contributed by atoms with Crippen LogP contribution in [0.25, 0.3) is 0 Å². The zero-order chi connectivity index (χ0) is 16.8. The zero-order valence-electron chi connectivity index (χ0n) is 12.7. The molecule has 1 N–H and O–H groups in total. The molecule has 0 aliphatic heterocycles. The summed E-state index contributed by atoms with van der Waals surface area (Å²) in [5.74, 6) is 0.211. The number of rotatable bonds is 5. The average molecular weight is 331 g/mol. The normalized spacial score (nSPS) is 9.83. The van der Waals surface area contributed by atoms with Gasteiger partial charge in [0.2, 0.25) is 0 Å². The van der Waals surface area contributed by atoms with E-state index in [4.69, 9.17) is 26.3 Å². The van der Waals surface area contributed by atoms with E-state index in [0.717, 1.165) is 5.56 Å². The molecule has 0 radical (unpaired) electrons. The van der Waals surface area contributed by atoms with E-state index in [1.54, 1.807) is 6.07 Å². The maximum Gasteiger partial charge on any atom is 0.262 e. The quantitative estimate of drug-likeness (QED) is 0.910. The Balaban J connectivity index is 2.06. The van der Waals surface area contributed by atoms with Crippen LogP contribution >= 0.6 is 11.6 Å². The molecule has 0 aromatic heterocycles. The largest absolute Gasteiger partial charge is 0.493 e. The number of ether oxygens (including phenoxy) is 2. The summed E-state index contributed by atoms with van der Waals surface area (Å²) in [5, 5.41) is 11.9. The SMILES string of the molecule is COc1cc(C#N)cc(Cl)c1OCC(=O)Nc1cccc(C)c1. The molecule has 1 amide bonds. The summed E-state index contributed by atoms with van der Waals surface area (Å²) in [5.41, 5.74) is 2.08. The third-order valence-electron chi connectivity index (χ3n) is 3.01. The van der Waals surface area contributed by atoms with Gasteiger partial charge in [0.25, 0.3) is 5.91 Å². The van der Waals surface area contributed by atoms with Crippen LogP contribution in [-0.2, 0) is 4.79 Å². The highest BCUT2D eigenvalue weighted by molar-refractivity contribution is 6.32. The van der Waals surface area contributed by atoms with Gasteiger partial charge in [-0.1, -0.05) is 23.7 Å². The van der Waals surface area contributed by atoms with Crippen molar-refractivity contribution in [3.8, 4) is 17.6 Å². The number of nitrogens with one attached hydrogen (secondary N) is 1. The molecule has 2 aromatic rings. The maximum atomic E-state index is 12.0. The van der Waals surface area contributed by atoms with Crippen LogP contribution in [0.3, 0.4) is 0 Å². The second-order valence-electron chi connectivity index (χ2n) is 4.81. The molecule has 2 rings (SSSR count). The van der Waals surface area contributed by atoms with Crippen LogP contribution in [0.1, 0.15) is 11.1 Å². The van der Waals surface area contributed by atoms with E-state index >= 15 is 0 Å². The number of halogens is 1. The molecular formula is C17H15ClN2O3. The first-order chi connectivity index (χ1) is 11.0. The third kappa shape index (κ3) is 4.38. The summed E-state index contributed by atoms with van der Waals surface area (Å²) >= 11 is 6.07. The summed E-state index contributed by atoms with van der Waals surface area (Å²) in [6.45, 7) is 1.71. The average Bonchev–Trinajstić information content (AvgIpc) is 2.52. The zero-order valence-corrected chi connectivity index (χ0v) is 13.5. The Morgan fingerprint density at radius 1 is 1.35 bits per heavy atom. The Morgan fingerprint density at radius 3 is 2.78 bits per heavy atom. The summed E-state index contributed by atoms with van der Waals surface area (Å²) in [6.07, 6.45) is 0. The van der Waals surface area contributed by atoms with Crippen molar-refractivity contribution in [2.45, 2.75) is 6.92 Å². The van der Waals surface area contributed by atoms with Crippen LogP contribution in [-0.4, -0.2) is 19.6 Å². The van der Waals surface area contributed by atoms with E-state index in [2.05, 4.69) is 5.32 Å². The van der Waals surface area contributed by atoms with Gasteiger partial charge in [-0.25, -0.2) is 0 Å². The molecule has 118 valence electrons. The monoisotopic (exact) mass is 330 g/mol. The predicted octanol–water partition coefficient (Wildman–Crippen LogP) is 3.55. The highest BCUT2D eigenvalue weighted by atomic mass is 35.5. The number of nitrogens with zero attached hydrogens (tertiary/aromatic N) is 1. The van der Waals surface area contributed by atoms with Gasteiger partial charge >= 0.3 is 0 Å². The van der Waals surface area contributed by atoms with Crippen molar-refractivity contribution in [1.82, 2.24) is 0 Å². The number of amides is 1. The van der Waals surface area contributed by atoms with Gasteiger partial charge in [-0.3, -0.25) is 4.79 Å². The minimum atomic E-state index is -0.321. The molecule has 23 heavy (non-hydrogen) atoms. The summed E-state index contributed by atoms with van der Waals surface area (Å²) in [4.78, 5) is 12.0. The molecule has 2 aromatic carbocycles. The van der Waals surface area contributed by atoms with Crippen LogP contribution in [0.5, 0.6) is 11.5 Å². The topological polar surface area (TPSA) is 71.3 Å². The van der Waals surface area contributed by atoms with Crippen molar-refractivity contribution in [3.05, 3.63) is 52.5 Å². The number of benzene rings is 2. The first kappa shape index (κ1) is 16.7. The fourth-order valence-electron chi connectivity index (χ4n) is 1.98. The van der Waals surface area contributed by atoms with E-state index in [0.29, 0.717) is 17.0 Å². The molecule has 0 unspecified atom stereocenters. The van der Waals surface area contributed by atoms with Crippen LogP contribution in [0.2, 0.25) is 5.02 Å². The van der Waals surface area contributed by atoms with E-state index in [9.17, 15) is 4.79 Å². The first-order valence-corrected chi connectivity index (χ1v) is 7.18. The molecule has 0 spiro atoms. The van der Waals surface area contributed by atoms with Crippen molar-refractivity contribution in [2.75, 3.05) is 19.0 Å². The Bertz CT molecular complexity index is 769. The van der Waals surface area contributed by atoms with Crippen molar-refractivity contribution >= 4 is 23.2 Å². The van der Waals surface area contributed by atoms with Crippen molar-refractivity contribution in [1.29, 1.82) is 5.26 Å². The number of carbonyl (C=O) groups is 1. The van der Waals surface area contributed by atoms with E-state index in [1.807, 2.05) is 31.2 Å². The lowest BCUT2D eigenvalue weighted by Crippen LogP contribution is -2.20. The Labute approximate surface area is 139 Å². The van der Waals surface area contributed by atoms with Crippen molar-refractivity contribution < 1.29 is 14.3 Å². The minimum Gasteiger partial charge on any atom is -0.493 e. The number of hydrogen-bond acceptors (Lipinski definition) is 4. The van der Waals surface area contributed by atoms with Gasteiger partial charge in [-0.05, 0) is 30.7 Å². The molecular weight excluding hydrogens is 316 g/mol. The van der Waals surface area contributed by atoms with Crippen molar-refractivity contribution in [2.24, 2.45) is 0 Å². The van der Waals surface area contributed by atoms with Gasteiger partial charge in [0.15, 0.2) is 18.1 Å². The Morgan fingerprint density at radius 2 is 2.13 bits per heavy atom. The predicted molar refractivity (Wildman–Crippen MR) is 88.0 cm³/mol. The first-order valence-electron chi connectivity index (χ1n) is 6.80. The van der Waals surface area contributed by atoms with Gasteiger partial charge in [-0.15, -0.1) is 0 Å². The number of methoxy groups -OCH3 is 1.